The van der Waals surface area contributed by atoms with E-state index in [-0.39, 0.29) is 0 Å². The molecule has 0 aliphatic heterocycles. The highest BCUT2D eigenvalue weighted by atomic mass is 32.2. The smallest absolute Gasteiger partial charge is 0.125 e. The Morgan fingerprint density at radius 1 is 0.750 bits per heavy atom. The van der Waals surface area contributed by atoms with Gasteiger partial charge in [-0.15, -0.1) is 0 Å². The van der Waals surface area contributed by atoms with Crippen molar-refractivity contribution in [1.29, 1.82) is 0 Å². The summed E-state index contributed by atoms with van der Waals surface area (Å²) in [4.78, 5) is 6.33. The van der Waals surface area contributed by atoms with Gasteiger partial charge in [0.25, 0.3) is 0 Å². The van der Waals surface area contributed by atoms with Crippen LogP contribution in [0.3, 0.4) is 0 Å². The van der Waals surface area contributed by atoms with Crippen molar-refractivity contribution < 1.29 is 4.74 Å². The van der Waals surface area contributed by atoms with Gasteiger partial charge in [0, 0.05) is 6.54 Å². The molecular formula is C25H31NOS. The maximum Gasteiger partial charge on any atom is 0.125 e. The van der Waals surface area contributed by atoms with Crippen molar-refractivity contribution in [3.63, 3.8) is 0 Å². The zero-order valence-electron chi connectivity index (χ0n) is 17.4. The fourth-order valence-corrected chi connectivity index (χ4v) is 5.92. The fraction of sp³-hybridized carbons (Fsp3) is 0.280. The Hall–Kier alpha value is -2.23. The molecule has 148 valence electrons. The molecule has 2 nitrogen and oxygen atoms in total. The lowest BCUT2D eigenvalue weighted by Crippen LogP contribution is -2.15. The molecule has 0 radical (unpaired) electrons. The van der Waals surface area contributed by atoms with E-state index in [4.69, 9.17) is 4.74 Å². The molecule has 0 heterocycles. The predicted molar refractivity (Wildman–Crippen MR) is 121 cm³/mol. The number of thiol groups is 1. The van der Waals surface area contributed by atoms with Gasteiger partial charge in [0.05, 0.1) is 6.61 Å². The summed E-state index contributed by atoms with van der Waals surface area (Å²) in [6.07, 6.45) is 1.04. The maximum atomic E-state index is 6.14. The van der Waals surface area contributed by atoms with Gasteiger partial charge in [0.1, 0.15) is 5.75 Å². The minimum atomic E-state index is -0.578. The van der Waals surface area contributed by atoms with Crippen LogP contribution in [0.15, 0.2) is 87.5 Å². The van der Waals surface area contributed by atoms with E-state index in [2.05, 4.69) is 106 Å². The summed E-state index contributed by atoms with van der Waals surface area (Å²) < 4.78 is 6.14. The van der Waals surface area contributed by atoms with Crippen molar-refractivity contribution in [1.82, 2.24) is 4.90 Å². The lowest BCUT2D eigenvalue weighted by Gasteiger charge is -2.25. The van der Waals surface area contributed by atoms with E-state index in [1.54, 1.807) is 0 Å². The first-order chi connectivity index (χ1) is 13.6. The van der Waals surface area contributed by atoms with E-state index < -0.39 is 10.9 Å². The Balaban J connectivity index is 1.91. The number of rotatable bonds is 8. The SMILES string of the molecule is Cc1cc([SH](c2ccccc2)c2ccccc2)cc(C)c1OCCCN(C)C. The molecule has 0 saturated heterocycles. The largest absolute Gasteiger partial charge is 0.493 e. The molecule has 0 aliphatic rings. The van der Waals surface area contributed by atoms with E-state index in [9.17, 15) is 0 Å². The first kappa shape index (κ1) is 20.5. The molecule has 0 aliphatic carbocycles. The topological polar surface area (TPSA) is 12.5 Å². The van der Waals surface area contributed by atoms with Crippen LogP contribution in [0.4, 0.5) is 0 Å². The molecule has 0 saturated carbocycles. The van der Waals surface area contributed by atoms with Crippen molar-refractivity contribution >= 4 is 10.9 Å². The second-order valence-electron chi connectivity index (χ2n) is 7.42. The van der Waals surface area contributed by atoms with Crippen LogP contribution >= 0.6 is 10.9 Å². The van der Waals surface area contributed by atoms with E-state index in [1.165, 1.54) is 25.8 Å². The van der Waals surface area contributed by atoms with Crippen molar-refractivity contribution in [3.05, 3.63) is 83.9 Å². The van der Waals surface area contributed by atoms with Gasteiger partial charge >= 0.3 is 0 Å². The van der Waals surface area contributed by atoms with Gasteiger partial charge in [0.15, 0.2) is 0 Å². The van der Waals surface area contributed by atoms with Crippen molar-refractivity contribution in [3.8, 4) is 5.75 Å². The summed E-state index contributed by atoms with van der Waals surface area (Å²) in [6, 6.07) is 26.3. The number of ether oxygens (including phenoxy) is 1. The van der Waals surface area contributed by atoms with Gasteiger partial charge in [-0.1, -0.05) is 36.4 Å². The van der Waals surface area contributed by atoms with E-state index in [0.717, 1.165) is 25.3 Å². The summed E-state index contributed by atoms with van der Waals surface area (Å²) in [7, 11) is 3.62. The monoisotopic (exact) mass is 393 g/mol. The highest BCUT2D eigenvalue weighted by molar-refractivity contribution is 8.17. The summed E-state index contributed by atoms with van der Waals surface area (Å²) in [6.45, 7) is 6.14. The lowest BCUT2D eigenvalue weighted by atomic mass is 10.1. The normalized spacial score (nSPS) is 11.5. The molecule has 0 N–H and O–H groups in total. The molecule has 0 aromatic heterocycles. The quantitative estimate of drug-likeness (QED) is 0.366. The first-order valence-corrected chi connectivity index (χ1v) is 11.2. The van der Waals surface area contributed by atoms with Gasteiger partial charge in [-0.25, -0.2) is 0 Å². The highest BCUT2D eigenvalue weighted by Gasteiger charge is 2.15. The Bertz CT molecular complexity index is 815. The summed E-state index contributed by atoms with van der Waals surface area (Å²) in [5.41, 5.74) is 2.44. The molecule has 0 atom stereocenters. The van der Waals surface area contributed by atoms with Crippen LogP contribution < -0.4 is 4.74 Å². The van der Waals surface area contributed by atoms with Gasteiger partial charge < -0.3 is 9.64 Å². The second-order valence-corrected chi connectivity index (χ2v) is 9.64. The molecular weight excluding hydrogens is 362 g/mol. The van der Waals surface area contributed by atoms with E-state index >= 15 is 0 Å². The third kappa shape index (κ3) is 5.18. The van der Waals surface area contributed by atoms with Crippen molar-refractivity contribution in [2.75, 3.05) is 27.2 Å². The molecule has 3 aromatic rings. The van der Waals surface area contributed by atoms with E-state index in [0.29, 0.717) is 0 Å². The second kappa shape index (κ2) is 9.81. The molecule has 0 spiro atoms. The number of benzene rings is 3. The van der Waals surface area contributed by atoms with Gasteiger partial charge in [-0.3, -0.25) is 0 Å². The summed E-state index contributed by atoms with van der Waals surface area (Å²) in [5.74, 6) is 1.04. The predicted octanol–water partition coefficient (Wildman–Crippen LogP) is 6.11. The molecule has 3 heteroatoms. The third-order valence-corrected chi connectivity index (χ3v) is 7.13. The van der Waals surface area contributed by atoms with Crippen LogP contribution in [0.25, 0.3) is 0 Å². The molecule has 3 aromatic carbocycles. The number of nitrogens with zero attached hydrogens (tertiary/aromatic N) is 1. The Morgan fingerprint density at radius 3 is 1.71 bits per heavy atom. The average molecular weight is 394 g/mol. The molecule has 0 fully saturated rings. The highest BCUT2D eigenvalue weighted by Crippen LogP contribution is 2.52. The van der Waals surface area contributed by atoms with Crippen LogP contribution in [0.5, 0.6) is 5.75 Å². The molecule has 28 heavy (non-hydrogen) atoms. The Kier molecular flexibility index (Phi) is 7.18. The van der Waals surface area contributed by atoms with Crippen LogP contribution in [0.2, 0.25) is 0 Å². The van der Waals surface area contributed by atoms with Crippen LogP contribution in [0.1, 0.15) is 17.5 Å². The number of aryl methyl sites for hydroxylation is 2. The summed E-state index contributed by atoms with van der Waals surface area (Å²) in [5, 5.41) is 0. The zero-order chi connectivity index (χ0) is 19.9. The number of hydrogen-bond donors (Lipinski definition) is 1. The summed E-state index contributed by atoms with van der Waals surface area (Å²) >= 11 is 0. The third-order valence-electron chi connectivity index (χ3n) is 4.73. The van der Waals surface area contributed by atoms with Gasteiger partial charge in [-0.05, 0) is 96.6 Å². The molecule has 0 bridgehead atoms. The van der Waals surface area contributed by atoms with Crippen molar-refractivity contribution in [2.24, 2.45) is 0 Å². The van der Waals surface area contributed by atoms with Gasteiger partial charge in [-0.2, -0.15) is 10.9 Å². The van der Waals surface area contributed by atoms with Crippen LogP contribution in [-0.4, -0.2) is 32.1 Å². The molecule has 3 rings (SSSR count). The molecule has 0 unspecified atom stereocenters. The average Bonchev–Trinajstić information content (AvgIpc) is 2.68. The zero-order valence-corrected chi connectivity index (χ0v) is 18.2. The lowest BCUT2D eigenvalue weighted by molar-refractivity contribution is 0.278. The molecule has 0 amide bonds. The van der Waals surface area contributed by atoms with Gasteiger partial charge in [0.2, 0.25) is 0 Å². The fourth-order valence-electron chi connectivity index (χ4n) is 3.44. The van der Waals surface area contributed by atoms with Crippen LogP contribution in [0, 0.1) is 13.8 Å². The minimum absolute atomic E-state index is 0.578. The standard InChI is InChI=1S/C25H31NOS/c1-20-18-24(19-21(2)25(20)27-17-11-16-26(3)4)28(22-12-7-5-8-13-22)23-14-9-6-10-15-23/h5-10,12-15,18-19,28H,11,16-17H2,1-4H3. The first-order valence-electron chi connectivity index (χ1n) is 9.85. The van der Waals surface area contributed by atoms with Crippen molar-refractivity contribution in [2.45, 2.75) is 35.0 Å². The Morgan fingerprint density at radius 2 is 1.25 bits per heavy atom. The van der Waals surface area contributed by atoms with Crippen LogP contribution in [-0.2, 0) is 0 Å². The minimum Gasteiger partial charge on any atom is -0.493 e. The van der Waals surface area contributed by atoms with E-state index in [1.807, 2.05) is 0 Å². The Labute approximate surface area is 172 Å². The number of hydrogen-bond acceptors (Lipinski definition) is 2. The maximum absolute atomic E-state index is 6.14.